The van der Waals surface area contributed by atoms with Crippen LogP contribution in [0.2, 0.25) is 0 Å². The molecular formula is C14H17FN2O3. The number of piperidine rings is 1. The Morgan fingerprint density at radius 3 is 2.65 bits per heavy atom. The summed E-state index contributed by atoms with van der Waals surface area (Å²) in [4.78, 5) is 28.9. The van der Waals surface area contributed by atoms with E-state index in [-0.39, 0.29) is 17.8 Å². The monoisotopic (exact) mass is 280 g/mol. The van der Waals surface area contributed by atoms with Crippen molar-refractivity contribution in [2.24, 2.45) is 5.92 Å². The summed E-state index contributed by atoms with van der Waals surface area (Å²) in [6.07, 6.45) is 2.42. The second kappa shape index (κ2) is 6.45. The number of hydrogen-bond acceptors (Lipinski definition) is 4. The Morgan fingerprint density at radius 2 is 2.10 bits per heavy atom. The Kier molecular flexibility index (Phi) is 4.65. The normalized spacial score (nSPS) is 16.0. The smallest absolute Gasteiger partial charge is 0.309 e. The number of halogens is 1. The van der Waals surface area contributed by atoms with Crippen LogP contribution >= 0.6 is 0 Å². The molecule has 0 unspecified atom stereocenters. The molecule has 0 radical (unpaired) electrons. The number of rotatable bonds is 3. The Hall–Kier alpha value is -1.98. The summed E-state index contributed by atoms with van der Waals surface area (Å²) in [5.41, 5.74) is 0.362. The first kappa shape index (κ1) is 14.4. The molecule has 20 heavy (non-hydrogen) atoms. The van der Waals surface area contributed by atoms with Crippen molar-refractivity contribution in [2.45, 2.75) is 19.8 Å². The van der Waals surface area contributed by atoms with E-state index in [1.807, 2.05) is 0 Å². The molecule has 1 fully saturated rings. The van der Waals surface area contributed by atoms with Crippen LogP contribution in [0.1, 0.15) is 30.1 Å². The number of likely N-dealkylation sites (tertiary alicyclic amines) is 1. The van der Waals surface area contributed by atoms with Gasteiger partial charge in [-0.25, -0.2) is 4.98 Å². The van der Waals surface area contributed by atoms with E-state index in [0.29, 0.717) is 38.1 Å². The van der Waals surface area contributed by atoms with Crippen molar-refractivity contribution in [3.63, 3.8) is 0 Å². The van der Waals surface area contributed by atoms with Gasteiger partial charge in [0.1, 0.15) is 0 Å². The van der Waals surface area contributed by atoms with Crippen molar-refractivity contribution in [1.82, 2.24) is 9.88 Å². The summed E-state index contributed by atoms with van der Waals surface area (Å²) in [7, 11) is 0. The van der Waals surface area contributed by atoms with Crippen LogP contribution in [0.5, 0.6) is 0 Å². The van der Waals surface area contributed by atoms with Gasteiger partial charge in [0.2, 0.25) is 5.95 Å². The average molecular weight is 280 g/mol. The third kappa shape index (κ3) is 3.31. The SMILES string of the molecule is CCOC(=O)C1CCN(C(=O)c2ccc(F)nc2)CC1. The largest absolute Gasteiger partial charge is 0.466 e. The van der Waals surface area contributed by atoms with Gasteiger partial charge in [0.25, 0.3) is 5.91 Å². The van der Waals surface area contributed by atoms with Crippen LogP contribution in [0, 0.1) is 11.9 Å². The fourth-order valence-electron chi connectivity index (χ4n) is 2.26. The molecule has 1 aliphatic rings. The molecule has 2 rings (SSSR count). The van der Waals surface area contributed by atoms with Gasteiger partial charge in [-0.05, 0) is 31.9 Å². The summed E-state index contributed by atoms with van der Waals surface area (Å²) >= 11 is 0. The van der Waals surface area contributed by atoms with Crippen LogP contribution in [0.3, 0.4) is 0 Å². The lowest BCUT2D eigenvalue weighted by Crippen LogP contribution is -2.40. The molecule has 0 spiro atoms. The molecule has 6 heteroatoms. The van der Waals surface area contributed by atoms with Crippen molar-refractivity contribution in [2.75, 3.05) is 19.7 Å². The molecule has 0 saturated carbocycles. The van der Waals surface area contributed by atoms with Crippen LogP contribution in [0.4, 0.5) is 4.39 Å². The molecule has 108 valence electrons. The van der Waals surface area contributed by atoms with Gasteiger partial charge in [-0.1, -0.05) is 0 Å². The van der Waals surface area contributed by atoms with Crippen LogP contribution in [0.15, 0.2) is 18.3 Å². The van der Waals surface area contributed by atoms with Crippen LogP contribution in [-0.4, -0.2) is 41.5 Å². The third-order valence-electron chi connectivity index (χ3n) is 3.38. The van der Waals surface area contributed by atoms with E-state index in [4.69, 9.17) is 4.74 Å². The fourth-order valence-corrected chi connectivity index (χ4v) is 2.26. The van der Waals surface area contributed by atoms with Crippen molar-refractivity contribution in [3.8, 4) is 0 Å². The molecule has 2 heterocycles. The minimum Gasteiger partial charge on any atom is -0.466 e. The highest BCUT2D eigenvalue weighted by atomic mass is 19.1. The summed E-state index contributed by atoms with van der Waals surface area (Å²) in [6.45, 7) is 3.15. The lowest BCUT2D eigenvalue weighted by Gasteiger charge is -2.30. The van der Waals surface area contributed by atoms with E-state index in [1.165, 1.54) is 18.3 Å². The molecule has 1 saturated heterocycles. The molecule has 1 aromatic rings. The standard InChI is InChI=1S/C14H17FN2O3/c1-2-20-14(19)10-5-7-17(8-6-10)13(18)11-3-4-12(15)16-9-11/h3-4,9-10H,2,5-8H2,1H3. The average Bonchev–Trinajstić information content (AvgIpc) is 2.48. The molecule has 5 nitrogen and oxygen atoms in total. The Morgan fingerprint density at radius 1 is 1.40 bits per heavy atom. The first-order valence-electron chi connectivity index (χ1n) is 6.69. The molecule has 1 aromatic heterocycles. The van der Waals surface area contributed by atoms with Gasteiger partial charge in [0.05, 0.1) is 18.1 Å². The van der Waals surface area contributed by atoms with Gasteiger partial charge in [-0.2, -0.15) is 4.39 Å². The highest BCUT2D eigenvalue weighted by Gasteiger charge is 2.28. The summed E-state index contributed by atoms with van der Waals surface area (Å²) < 4.78 is 17.7. The van der Waals surface area contributed by atoms with E-state index in [0.717, 1.165) is 0 Å². The molecule has 1 aliphatic heterocycles. The molecule has 1 amide bonds. The van der Waals surface area contributed by atoms with Crippen LogP contribution < -0.4 is 0 Å². The van der Waals surface area contributed by atoms with Gasteiger partial charge >= 0.3 is 5.97 Å². The van der Waals surface area contributed by atoms with E-state index in [1.54, 1.807) is 11.8 Å². The van der Waals surface area contributed by atoms with Gasteiger partial charge < -0.3 is 9.64 Å². The lowest BCUT2D eigenvalue weighted by atomic mass is 9.96. The summed E-state index contributed by atoms with van der Waals surface area (Å²) in [5.74, 6) is -1.12. The number of carbonyl (C=O) groups is 2. The minimum absolute atomic E-state index is 0.134. The maximum absolute atomic E-state index is 12.7. The molecule has 0 aromatic carbocycles. The number of amides is 1. The molecule has 0 aliphatic carbocycles. The van der Waals surface area contributed by atoms with E-state index < -0.39 is 5.95 Å². The Labute approximate surface area is 116 Å². The number of nitrogens with zero attached hydrogens (tertiary/aromatic N) is 2. The number of carbonyl (C=O) groups excluding carboxylic acids is 2. The van der Waals surface area contributed by atoms with Gasteiger partial charge in [0.15, 0.2) is 0 Å². The molecule has 0 atom stereocenters. The number of esters is 1. The van der Waals surface area contributed by atoms with Gasteiger partial charge in [-0.3, -0.25) is 9.59 Å². The maximum atomic E-state index is 12.7. The first-order chi connectivity index (χ1) is 9.61. The number of hydrogen-bond donors (Lipinski definition) is 0. The predicted octanol–water partition coefficient (Wildman–Crippen LogP) is 1.64. The molecular weight excluding hydrogens is 263 g/mol. The highest BCUT2D eigenvalue weighted by molar-refractivity contribution is 5.94. The first-order valence-corrected chi connectivity index (χ1v) is 6.69. The van der Waals surface area contributed by atoms with Crippen molar-refractivity contribution < 1.29 is 18.7 Å². The van der Waals surface area contributed by atoms with E-state index in [2.05, 4.69) is 4.98 Å². The zero-order valence-electron chi connectivity index (χ0n) is 11.3. The quantitative estimate of drug-likeness (QED) is 0.624. The van der Waals surface area contributed by atoms with E-state index >= 15 is 0 Å². The van der Waals surface area contributed by atoms with Crippen molar-refractivity contribution >= 4 is 11.9 Å². The zero-order chi connectivity index (χ0) is 14.5. The topological polar surface area (TPSA) is 59.5 Å². The third-order valence-corrected chi connectivity index (χ3v) is 3.38. The maximum Gasteiger partial charge on any atom is 0.309 e. The highest BCUT2D eigenvalue weighted by Crippen LogP contribution is 2.20. The zero-order valence-corrected chi connectivity index (χ0v) is 11.3. The van der Waals surface area contributed by atoms with Gasteiger partial charge in [0, 0.05) is 19.3 Å². The second-order valence-electron chi connectivity index (χ2n) is 4.69. The van der Waals surface area contributed by atoms with Crippen LogP contribution in [0.25, 0.3) is 0 Å². The van der Waals surface area contributed by atoms with Gasteiger partial charge in [-0.15, -0.1) is 0 Å². The minimum atomic E-state index is -0.609. The lowest BCUT2D eigenvalue weighted by molar-refractivity contribution is -0.149. The Bertz CT molecular complexity index is 482. The van der Waals surface area contributed by atoms with Crippen molar-refractivity contribution in [1.29, 1.82) is 0 Å². The number of aromatic nitrogens is 1. The number of ether oxygens (including phenoxy) is 1. The number of pyridine rings is 1. The van der Waals surface area contributed by atoms with Crippen molar-refractivity contribution in [3.05, 3.63) is 29.8 Å². The second-order valence-corrected chi connectivity index (χ2v) is 4.69. The van der Waals surface area contributed by atoms with Crippen LogP contribution in [-0.2, 0) is 9.53 Å². The molecule has 0 bridgehead atoms. The Balaban J connectivity index is 1.92. The van der Waals surface area contributed by atoms with E-state index in [9.17, 15) is 14.0 Å². The molecule has 0 N–H and O–H groups in total. The fraction of sp³-hybridized carbons (Fsp3) is 0.500. The summed E-state index contributed by atoms with van der Waals surface area (Å²) in [5, 5.41) is 0. The summed E-state index contributed by atoms with van der Waals surface area (Å²) in [6, 6.07) is 2.58. The predicted molar refractivity (Wildman–Crippen MR) is 69.5 cm³/mol.